The molecule has 0 bridgehead atoms. The zero-order valence-electron chi connectivity index (χ0n) is 14.4. The Labute approximate surface area is 141 Å². The molecule has 1 aromatic carbocycles. The highest BCUT2D eigenvalue weighted by Crippen LogP contribution is 2.36. The second-order valence-electron chi connectivity index (χ2n) is 7.15. The number of nitrogens with one attached hydrogen (secondary N) is 1. The van der Waals surface area contributed by atoms with Gasteiger partial charge in [0.05, 0.1) is 0 Å². The van der Waals surface area contributed by atoms with E-state index >= 15 is 0 Å². The van der Waals surface area contributed by atoms with Crippen molar-refractivity contribution in [1.29, 1.82) is 0 Å². The number of rotatable bonds is 4. The lowest BCUT2D eigenvalue weighted by atomic mass is 10.1. The summed E-state index contributed by atoms with van der Waals surface area (Å²) < 4.78 is 5.37. The number of nitrogens with zero attached hydrogens (tertiary/aromatic N) is 1. The zero-order valence-corrected chi connectivity index (χ0v) is 14.4. The van der Waals surface area contributed by atoms with Crippen LogP contribution in [0.3, 0.4) is 0 Å². The molecule has 1 aliphatic heterocycles. The molecule has 0 radical (unpaired) electrons. The highest BCUT2D eigenvalue weighted by molar-refractivity contribution is 5.68. The lowest BCUT2D eigenvalue weighted by Crippen LogP contribution is -2.36. The van der Waals surface area contributed by atoms with E-state index in [1.54, 1.807) is 11.0 Å². The van der Waals surface area contributed by atoms with E-state index in [2.05, 4.69) is 5.32 Å². The maximum atomic E-state index is 12.0. The number of hydrogen-bond donors (Lipinski definition) is 4. The van der Waals surface area contributed by atoms with Crippen molar-refractivity contribution in [2.75, 3.05) is 19.6 Å². The predicted octanol–water partition coefficient (Wildman–Crippen LogP) is 2.15. The fraction of sp³-hybridized carbons (Fsp3) is 0.588. The lowest BCUT2D eigenvalue weighted by Gasteiger charge is -2.24. The number of phenols is 3. The molecule has 1 fully saturated rings. The van der Waals surface area contributed by atoms with Crippen LogP contribution in [0.15, 0.2) is 12.1 Å². The van der Waals surface area contributed by atoms with Crippen molar-refractivity contribution in [1.82, 2.24) is 10.2 Å². The first kappa shape index (κ1) is 18.2. The second-order valence-corrected chi connectivity index (χ2v) is 7.15. The molecule has 1 heterocycles. The van der Waals surface area contributed by atoms with E-state index in [0.717, 1.165) is 6.42 Å². The third kappa shape index (κ3) is 4.67. The molecule has 134 valence electrons. The number of hydrogen-bond acceptors (Lipinski definition) is 6. The molecule has 1 atom stereocenters. The van der Waals surface area contributed by atoms with Gasteiger partial charge in [-0.15, -0.1) is 0 Å². The van der Waals surface area contributed by atoms with Gasteiger partial charge in [0.25, 0.3) is 0 Å². The quantitative estimate of drug-likeness (QED) is 0.628. The summed E-state index contributed by atoms with van der Waals surface area (Å²) in [7, 11) is 0. The van der Waals surface area contributed by atoms with Crippen LogP contribution in [-0.4, -0.2) is 51.5 Å². The van der Waals surface area contributed by atoms with Crippen LogP contribution < -0.4 is 5.32 Å². The molecule has 24 heavy (non-hydrogen) atoms. The summed E-state index contributed by atoms with van der Waals surface area (Å²) >= 11 is 0. The van der Waals surface area contributed by atoms with Crippen molar-refractivity contribution >= 4 is 6.09 Å². The molecule has 1 aliphatic rings. The van der Waals surface area contributed by atoms with Crippen LogP contribution in [0.1, 0.15) is 32.8 Å². The Morgan fingerprint density at radius 3 is 2.67 bits per heavy atom. The Morgan fingerprint density at radius 2 is 2.00 bits per heavy atom. The molecule has 2 rings (SSSR count). The minimum absolute atomic E-state index is 0.286. The molecular formula is C17H26N2O5. The number of carbonyl (C=O) groups is 1. The normalized spacial score (nSPS) is 18.0. The average molecular weight is 338 g/mol. The van der Waals surface area contributed by atoms with Crippen molar-refractivity contribution in [3.05, 3.63) is 17.7 Å². The van der Waals surface area contributed by atoms with Gasteiger partial charge in [-0.05, 0) is 39.2 Å². The second kappa shape index (κ2) is 7.17. The third-order valence-electron chi connectivity index (χ3n) is 3.90. The number of phenolic OH excluding ortho intramolecular Hbond substituents is 3. The van der Waals surface area contributed by atoms with Crippen LogP contribution in [0.25, 0.3) is 0 Å². The molecule has 0 saturated carbocycles. The van der Waals surface area contributed by atoms with Gasteiger partial charge in [0, 0.05) is 31.7 Å². The number of carbonyl (C=O) groups excluding carboxylic acids is 1. The number of amides is 1. The van der Waals surface area contributed by atoms with Gasteiger partial charge in [-0.2, -0.15) is 0 Å². The molecule has 0 spiro atoms. The number of ether oxygens (including phenoxy) is 1. The summed E-state index contributed by atoms with van der Waals surface area (Å²) in [6, 6.07) is 2.89. The fourth-order valence-electron chi connectivity index (χ4n) is 2.66. The van der Waals surface area contributed by atoms with E-state index < -0.39 is 11.4 Å². The number of likely N-dealkylation sites (tertiary alicyclic amines) is 1. The topological polar surface area (TPSA) is 102 Å². The van der Waals surface area contributed by atoms with Gasteiger partial charge in [0.2, 0.25) is 5.75 Å². The first-order chi connectivity index (χ1) is 11.2. The van der Waals surface area contributed by atoms with Gasteiger partial charge >= 0.3 is 6.09 Å². The van der Waals surface area contributed by atoms with E-state index in [4.69, 9.17) is 4.74 Å². The average Bonchev–Trinajstić information content (AvgIpc) is 2.94. The first-order valence-electron chi connectivity index (χ1n) is 8.09. The standard InChI is InChI=1S/C17H26N2O5/c1-17(2,3)24-16(23)19-7-6-11(10-19)8-18-9-12-4-5-13(20)15(22)14(12)21/h4-5,11,18,20-22H,6-10H2,1-3H3. The van der Waals surface area contributed by atoms with E-state index in [0.29, 0.717) is 37.7 Å². The SMILES string of the molecule is CC(C)(C)OC(=O)N1CCC(CNCc2ccc(O)c(O)c2O)C1. The summed E-state index contributed by atoms with van der Waals surface area (Å²) in [6.07, 6.45) is 0.602. The van der Waals surface area contributed by atoms with E-state index in [1.165, 1.54) is 6.07 Å². The summed E-state index contributed by atoms with van der Waals surface area (Å²) in [5.41, 5.74) is 0.0125. The van der Waals surface area contributed by atoms with Crippen LogP contribution in [0, 0.1) is 5.92 Å². The van der Waals surface area contributed by atoms with Crippen LogP contribution >= 0.6 is 0 Å². The van der Waals surface area contributed by atoms with E-state index in [1.807, 2.05) is 20.8 Å². The lowest BCUT2D eigenvalue weighted by molar-refractivity contribution is 0.0288. The van der Waals surface area contributed by atoms with Crippen molar-refractivity contribution < 1.29 is 24.9 Å². The minimum atomic E-state index is -0.508. The van der Waals surface area contributed by atoms with Crippen LogP contribution in [-0.2, 0) is 11.3 Å². The minimum Gasteiger partial charge on any atom is -0.504 e. The Hall–Kier alpha value is -2.15. The molecule has 4 N–H and O–H groups in total. The van der Waals surface area contributed by atoms with Crippen molar-refractivity contribution in [2.24, 2.45) is 5.92 Å². The van der Waals surface area contributed by atoms with Crippen LogP contribution in [0.5, 0.6) is 17.2 Å². The highest BCUT2D eigenvalue weighted by atomic mass is 16.6. The van der Waals surface area contributed by atoms with Gasteiger partial charge in [0.15, 0.2) is 11.5 Å². The summed E-state index contributed by atoms with van der Waals surface area (Å²) in [5, 5.41) is 31.8. The third-order valence-corrected chi connectivity index (χ3v) is 3.90. The summed E-state index contributed by atoms with van der Waals surface area (Å²) in [6.45, 7) is 7.89. The number of benzene rings is 1. The van der Waals surface area contributed by atoms with E-state index in [-0.39, 0.29) is 17.6 Å². The van der Waals surface area contributed by atoms with Crippen LogP contribution in [0.2, 0.25) is 0 Å². The van der Waals surface area contributed by atoms with Gasteiger partial charge in [0.1, 0.15) is 5.60 Å². The maximum Gasteiger partial charge on any atom is 0.410 e. The summed E-state index contributed by atoms with van der Waals surface area (Å²) in [5.74, 6) is -0.860. The van der Waals surface area contributed by atoms with E-state index in [9.17, 15) is 20.1 Å². The van der Waals surface area contributed by atoms with Crippen molar-refractivity contribution in [2.45, 2.75) is 39.3 Å². The zero-order chi connectivity index (χ0) is 17.9. The Bertz CT molecular complexity index is 597. The first-order valence-corrected chi connectivity index (χ1v) is 8.09. The monoisotopic (exact) mass is 338 g/mol. The Morgan fingerprint density at radius 1 is 1.29 bits per heavy atom. The van der Waals surface area contributed by atoms with Gasteiger partial charge < -0.3 is 30.3 Å². The molecule has 0 aliphatic carbocycles. The fourth-order valence-corrected chi connectivity index (χ4v) is 2.66. The molecule has 1 aromatic rings. The molecular weight excluding hydrogens is 312 g/mol. The maximum absolute atomic E-state index is 12.0. The van der Waals surface area contributed by atoms with Crippen molar-refractivity contribution in [3.63, 3.8) is 0 Å². The molecule has 7 heteroatoms. The predicted molar refractivity (Wildman–Crippen MR) is 89.1 cm³/mol. The molecule has 1 unspecified atom stereocenters. The Kier molecular flexibility index (Phi) is 5.43. The molecule has 1 saturated heterocycles. The number of aromatic hydroxyl groups is 3. The smallest absolute Gasteiger partial charge is 0.410 e. The van der Waals surface area contributed by atoms with Crippen molar-refractivity contribution in [3.8, 4) is 17.2 Å². The Balaban J connectivity index is 1.78. The van der Waals surface area contributed by atoms with Gasteiger partial charge in [-0.3, -0.25) is 0 Å². The van der Waals surface area contributed by atoms with Crippen LogP contribution in [0.4, 0.5) is 4.79 Å². The molecule has 7 nitrogen and oxygen atoms in total. The molecule has 1 amide bonds. The highest BCUT2D eigenvalue weighted by Gasteiger charge is 2.29. The molecule has 0 aromatic heterocycles. The largest absolute Gasteiger partial charge is 0.504 e. The van der Waals surface area contributed by atoms with Gasteiger partial charge in [-0.1, -0.05) is 6.07 Å². The summed E-state index contributed by atoms with van der Waals surface area (Å²) in [4.78, 5) is 13.7. The van der Waals surface area contributed by atoms with Gasteiger partial charge in [-0.25, -0.2) is 4.79 Å².